The average molecular weight is 768 g/mol. The Balaban J connectivity index is 1.34. The number of fused-ring (bicyclic) bond motifs is 1. The van der Waals surface area contributed by atoms with Gasteiger partial charge >= 0.3 is 5.97 Å². The summed E-state index contributed by atoms with van der Waals surface area (Å²) in [6.07, 6.45) is 6.33. The number of anilines is 1. The minimum atomic E-state index is -3.49. The van der Waals surface area contributed by atoms with Crippen LogP contribution in [0.15, 0.2) is 78.9 Å². The molecule has 5 aromatic rings. The maximum atomic E-state index is 16.0. The van der Waals surface area contributed by atoms with E-state index >= 15 is 4.39 Å². The fraction of sp³-hybridized carbons (Fsp3) is 0.278. The number of aromatic nitrogens is 2. The largest absolute Gasteiger partial charge is 0.489 e. The Labute approximate surface area is 287 Å². The van der Waals surface area contributed by atoms with Gasteiger partial charge in [-0.2, -0.15) is 0 Å². The maximum Gasteiger partial charge on any atom is 0.335 e. The minimum absolute atomic E-state index is 0.0755. The molecule has 47 heavy (non-hydrogen) atoms. The van der Waals surface area contributed by atoms with Crippen LogP contribution >= 0.6 is 22.6 Å². The topological polar surface area (TPSA) is 102 Å². The fourth-order valence-corrected chi connectivity index (χ4v) is 7.21. The number of carboxylic acids is 1. The second-order valence-electron chi connectivity index (χ2n) is 11.9. The molecule has 0 amide bonds. The summed E-state index contributed by atoms with van der Waals surface area (Å²) >= 11 is 2.31. The molecule has 0 saturated heterocycles. The van der Waals surface area contributed by atoms with Gasteiger partial charge in [-0.15, -0.1) is 0 Å². The lowest BCUT2D eigenvalue weighted by Gasteiger charge is -2.25. The van der Waals surface area contributed by atoms with Gasteiger partial charge in [0.25, 0.3) is 0 Å². The first-order valence-electron chi connectivity index (χ1n) is 15.4. The monoisotopic (exact) mass is 767 g/mol. The summed E-state index contributed by atoms with van der Waals surface area (Å²) in [5.41, 5.74) is 6.02. The average Bonchev–Trinajstić information content (AvgIpc) is 3.45. The molecule has 1 heterocycles. The van der Waals surface area contributed by atoms with E-state index < -0.39 is 21.8 Å². The van der Waals surface area contributed by atoms with Crippen LogP contribution in [-0.2, 0) is 21.1 Å². The number of imidazole rings is 1. The second kappa shape index (κ2) is 13.6. The van der Waals surface area contributed by atoms with Crippen molar-refractivity contribution < 1.29 is 27.4 Å². The minimum Gasteiger partial charge on any atom is -0.489 e. The van der Waals surface area contributed by atoms with E-state index in [4.69, 9.17) is 9.72 Å². The zero-order valence-electron chi connectivity index (χ0n) is 26.1. The van der Waals surface area contributed by atoms with Crippen LogP contribution in [0, 0.1) is 5.82 Å². The van der Waals surface area contributed by atoms with Gasteiger partial charge in [0, 0.05) is 23.6 Å². The molecule has 1 saturated carbocycles. The summed E-state index contributed by atoms with van der Waals surface area (Å²) in [5.74, 6) is -0.767. The van der Waals surface area contributed by atoms with E-state index in [-0.39, 0.29) is 18.2 Å². The molecule has 1 aliphatic carbocycles. The van der Waals surface area contributed by atoms with Crippen molar-refractivity contribution >= 4 is 55.3 Å². The number of rotatable bonds is 10. The van der Waals surface area contributed by atoms with Crippen molar-refractivity contribution in [2.45, 2.75) is 49.2 Å². The summed E-state index contributed by atoms with van der Waals surface area (Å²) in [7, 11) is -1.98. The smallest absolute Gasteiger partial charge is 0.335 e. The zero-order valence-corrected chi connectivity index (χ0v) is 29.1. The van der Waals surface area contributed by atoms with Gasteiger partial charge in [-0.3, -0.25) is 4.31 Å². The Bertz CT molecular complexity index is 2060. The van der Waals surface area contributed by atoms with Gasteiger partial charge in [-0.1, -0.05) is 72.2 Å². The van der Waals surface area contributed by atoms with Crippen LogP contribution in [0.25, 0.3) is 33.5 Å². The van der Waals surface area contributed by atoms with Gasteiger partial charge < -0.3 is 14.4 Å². The van der Waals surface area contributed by atoms with Crippen molar-refractivity contribution in [3.63, 3.8) is 0 Å². The summed E-state index contributed by atoms with van der Waals surface area (Å²) in [4.78, 5) is 16.4. The van der Waals surface area contributed by atoms with Crippen LogP contribution in [0.2, 0.25) is 0 Å². The number of carboxylic acid groups (broad SMARTS) is 1. The van der Waals surface area contributed by atoms with E-state index in [0.717, 1.165) is 65.0 Å². The number of benzene rings is 4. The SMILES string of the molecule is CN(c1ccc(-c2ccc(CI)cc2)c(COc2ccc(-c3nc4cc(C(=O)O)ccc4n3C3CCCCC3)c(F)c2)c1)S(C)(=O)=O. The van der Waals surface area contributed by atoms with Crippen LogP contribution in [0.3, 0.4) is 0 Å². The molecular formula is C36H35FIN3O5S. The first-order chi connectivity index (χ1) is 22.5. The number of carbonyl (C=O) groups is 1. The van der Waals surface area contributed by atoms with Crippen molar-refractivity contribution in [2.24, 2.45) is 0 Å². The maximum absolute atomic E-state index is 16.0. The Morgan fingerprint density at radius 2 is 1.72 bits per heavy atom. The molecule has 0 spiro atoms. The van der Waals surface area contributed by atoms with E-state index in [1.54, 1.807) is 36.4 Å². The van der Waals surface area contributed by atoms with Crippen molar-refractivity contribution in [3.05, 3.63) is 101 Å². The van der Waals surface area contributed by atoms with Crippen molar-refractivity contribution in [1.82, 2.24) is 9.55 Å². The highest BCUT2D eigenvalue weighted by Crippen LogP contribution is 2.38. The molecule has 1 aromatic heterocycles. The molecule has 8 nitrogen and oxygen atoms in total. The van der Waals surface area contributed by atoms with Gasteiger partial charge in [0.05, 0.1) is 34.1 Å². The second-order valence-corrected chi connectivity index (χ2v) is 14.7. The summed E-state index contributed by atoms with van der Waals surface area (Å²) in [5, 5.41) is 9.54. The Morgan fingerprint density at radius 1 is 1.00 bits per heavy atom. The van der Waals surface area contributed by atoms with Crippen LogP contribution < -0.4 is 9.04 Å². The van der Waals surface area contributed by atoms with E-state index in [1.807, 2.05) is 18.2 Å². The van der Waals surface area contributed by atoms with Crippen LogP contribution in [-0.4, -0.2) is 42.3 Å². The highest BCUT2D eigenvalue weighted by molar-refractivity contribution is 14.1. The molecule has 244 valence electrons. The quantitative estimate of drug-likeness (QED) is 0.113. The first-order valence-corrected chi connectivity index (χ1v) is 18.8. The summed E-state index contributed by atoms with van der Waals surface area (Å²) in [6.45, 7) is 0.0755. The fourth-order valence-electron chi connectivity index (χ4n) is 6.20. The third-order valence-corrected chi connectivity index (χ3v) is 10.9. The van der Waals surface area contributed by atoms with Crippen LogP contribution in [0.1, 0.15) is 59.6 Å². The molecule has 0 aliphatic heterocycles. The number of nitrogens with zero attached hydrogens (tertiary/aromatic N) is 3. The zero-order chi connectivity index (χ0) is 33.3. The number of alkyl halides is 1. The normalized spacial score (nSPS) is 14.0. The van der Waals surface area contributed by atoms with Crippen molar-refractivity contribution in [1.29, 1.82) is 0 Å². The van der Waals surface area contributed by atoms with Crippen molar-refractivity contribution in [3.8, 4) is 28.3 Å². The molecule has 1 fully saturated rings. The number of hydrogen-bond acceptors (Lipinski definition) is 5. The van der Waals surface area contributed by atoms with E-state index in [1.165, 1.54) is 29.0 Å². The van der Waals surface area contributed by atoms with Crippen LogP contribution in [0.5, 0.6) is 5.75 Å². The first kappa shape index (κ1) is 33.0. The van der Waals surface area contributed by atoms with Gasteiger partial charge in [0.15, 0.2) is 0 Å². The van der Waals surface area contributed by atoms with Crippen LogP contribution in [0.4, 0.5) is 10.1 Å². The van der Waals surface area contributed by atoms with Gasteiger partial charge in [0.2, 0.25) is 10.0 Å². The number of hydrogen-bond donors (Lipinski definition) is 1. The predicted octanol–water partition coefficient (Wildman–Crippen LogP) is 8.62. The highest BCUT2D eigenvalue weighted by atomic mass is 127. The molecule has 0 unspecified atom stereocenters. The molecule has 11 heteroatoms. The van der Waals surface area contributed by atoms with Crippen molar-refractivity contribution in [2.75, 3.05) is 17.6 Å². The predicted molar refractivity (Wildman–Crippen MR) is 191 cm³/mol. The lowest BCUT2D eigenvalue weighted by Crippen LogP contribution is -2.25. The molecule has 1 N–H and O–H groups in total. The van der Waals surface area contributed by atoms with Gasteiger partial charge in [-0.05, 0) is 77.6 Å². The van der Waals surface area contributed by atoms with E-state index in [2.05, 4.69) is 39.3 Å². The van der Waals surface area contributed by atoms with Gasteiger partial charge in [0.1, 0.15) is 24.0 Å². The third-order valence-electron chi connectivity index (χ3n) is 8.82. The van der Waals surface area contributed by atoms with E-state index in [0.29, 0.717) is 28.3 Å². The number of halogens is 2. The number of aromatic carboxylic acids is 1. The number of sulfonamides is 1. The summed E-state index contributed by atoms with van der Waals surface area (Å²) in [6, 6.07) is 23.3. The molecule has 4 aromatic carbocycles. The Morgan fingerprint density at radius 3 is 2.38 bits per heavy atom. The number of ether oxygens (including phenoxy) is 1. The molecule has 6 rings (SSSR count). The molecular weight excluding hydrogens is 732 g/mol. The standard InChI is InChI=1S/C36H35FIN3O5S/c1-40(47(2,44)45)28-13-15-30(24-10-8-23(21-38)9-11-24)26(18-28)22-46-29-14-16-31(32(37)20-29)35-39-33-19-25(36(42)43)12-17-34(33)41(35)27-6-4-3-5-7-27/h8-20,27H,3-7,21-22H2,1-2H3,(H,42,43). The van der Waals surface area contributed by atoms with E-state index in [9.17, 15) is 18.3 Å². The lowest BCUT2D eigenvalue weighted by molar-refractivity contribution is 0.0697. The molecule has 0 atom stereocenters. The molecule has 1 aliphatic rings. The third kappa shape index (κ3) is 7.01. The van der Waals surface area contributed by atoms with Gasteiger partial charge in [-0.25, -0.2) is 22.6 Å². The lowest BCUT2D eigenvalue weighted by atomic mass is 9.94. The molecule has 0 radical (unpaired) electrons. The Kier molecular flexibility index (Phi) is 9.56. The summed E-state index contributed by atoms with van der Waals surface area (Å²) < 4.78 is 50.8. The Hall–Kier alpha value is -3.97. The molecule has 0 bridgehead atoms. The highest BCUT2D eigenvalue weighted by Gasteiger charge is 2.25.